The van der Waals surface area contributed by atoms with Gasteiger partial charge in [-0.2, -0.15) is 4.99 Å². The molecule has 0 aromatic heterocycles. The van der Waals surface area contributed by atoms with E-state index in [0.29, 0.717) is 18.9 Å². The zero-order valence-electron chi connectivity index (χ0n) is 9.65. The van der Waals surface area contributed by atoms with Crippen LogP contribution >= 0.6 is 0 Å². The largest absolute Gasteiger partial charge is 0.442 e. The normalized spacial score (nSPS) is 18.7. The molecule has 1 saturated heterocycles. The Labute approximate surface area is 89.7 Å². The van der Waals surface area contributed by atoms with E-state index in [1.54, 1.807) is 27.7 Å². The minimum Gasteiger partial charge on any atom is -0.442 e. The van der Waals surface area contributed by atoms with Gasteiger partial charge in [0.15, 0.2) is 0 Å². The van der Waals surface area contributed by atoms with Crippen LogP contribution in [0, 0.1) is 0 Å². The van der Waals surface area contributed by atoms with E-state index in [4.69, 9.17) is 9.84 Å². The second kappa shape index (κ2) is 4.18. The molecule has 1 amide bonds. The summed E-state index contributed by atoms with van der Waals surface area (Å²) < 4.78 is 5.04. The summed E-state index contributed by atoms with van der Waals surface area (Å²) >= 11 is 0. The first-order chi connectivity index (χ1) is 6.78. The van der Waals surface area contributed by atoms with Crippen LogP contribution < -0.4 is 0 Å². The van der Waals surface area contributed by atoms with Crippen LogP contribution in [0.25, 0.3) is 0 Å². The number of hydrogen-bond donors (Lipinski definition) is 1. The molecule has 0 spiro atoms. The predicted octanol–water partition coefficient (Wildman–Crippen LogP) is 1.02. The second-order valence-corrected chi connectivity index (χ2v) is 4.70. The van der Waals surface area contributed by atoms with Gasteiger partial charge in [-0.3, -0.25) is 0 Å². The number of carbonyl (C=O) groups is 1. The number of aliphatic imine (C=N–C) groups is 1. The Balaban J connectivity index is 2.45. The first-order valence-corrected chi connectivity index (χ1v) is 4.99. The van der Waals surface area contributed by atoms with Gasteiger partial charge >= 0.3 is 6.09 Å². The van der Waals surface area contributed by atoms with Crippen molar-refractivity contribution in [3.8, 4) is 0 Å². The van der Waals surface area contributed by atoms with Gasteiger partial charge < -0.3 is 14.7 Å². The fourth-order valence-electron chi connectivity index (χ4n) is 1.21. The van der Waals surface area contributed by atoms with E-state index in [0.717, 1.165) is 0 Å². The van der Waals surface area contributed by atoms with E-state index >= 15 is 0 Å². The van der Waals surface area contributed by atoms with E-state index in [-0.39, 0.29) is 6.10 Å². The van der Waals surface area contributed by atoms with Crippen LogP contribution in [-0.4, -0.2) is 46.7 Å². The van der Waals surface area contributed by atoms with Crippen molar-refractivity contribution in [2.45, 2.75) is 39.4 Å². The molecule has 0 atom stereocenters. The Bertz CT molecular complexity index is 275. The van der Waals surface area contributed by atoms with E-state index in [2.05, 4.69) is 4.99 Å². The number of β-amino-alcohol motifs (C(OH)–C–C–N with tert-alkyl or cyclic N) is 1. The summed E-state index contributed by atoms with van der Waals surface area (Å²) in [4.78, 5) is 16.9. The molecule has 1 N–H and O–H groups in total. The number of aliphatic hydroxyl groups is 1. The standard InChI is InChI=1S/C10H18N2O3/c1-7(12-5-8(13)6-12)11-9(14)15-10(2,3)4/h8,13H,5-6H2,1-4H3. The molecule has 0 bridgehead atoms. The third-order valence-corrected chi connectivity index (χ3v) is 1.97. The Kier molecular flexibility index (Phi) is 3.34. The smallest absolute Gasteiger partial charge is 0.435 e. The van der Waals surface area contributed by atoms with Crippen molar-refractivity contribution in [3.63, 3.8) is 0 Å². The number of likely N-dealkylation sites (tertiary alicyclic amines) is 1. The van der Waals surface area contributed by atoms with Crippen molar-refractivity contribution in [1.82, 2.24) is 4.90 Å². The molecule has 1 aliphatic heterocycles. The SMILES string of the molecule is CC(=NC(=O)OC(C)(C)C)N1CC(O)C1. The van der Waals surface area contributed by atoms with Crippen molar-refractivity contribution in [1.29, 1.82) is 0 Å². The van der Waals surface area contributed by atoms with Crippen LogP contribution in [0.5, 0.6) is 0 Å². The highest BCUT2D eigenvalue weighted by molar-refractivity contribution is 5.90. The summed E-state index contributed by atoms with van der Waals surface area (Å²) in [6.07, 6.45) is -0.879. The number of aliphatic hydroxyl groups excluding tert-OH is 1. The molecule has 0 aliphatic carbocycles. The highest BCUT2D eigenvalue weighted by Crippen LogP contribution is 2.11. The summed E-state index contributed by atoms with van der Waals surface area (Å²) in [5.74, 6) is 0.592. The maximum atomic E-state index is 11.3. The highest BCUT2D eigenvalue weighted by atomic mass is 16.6. The van der Waals surface area contributed by atoms with Crippen LogP contribution in [0.1, 0.15) is 27.7 Å². The van der Waals surface area contributed by atoms with Crippen molar-refractivity contribution in [2.24, 2.45) is 4.99 Å². The monoisotopic (exact) mass is 214 g/mol. The molecule has 5 nitrogen and oxygen atoms in total. The molecule has 0 saturated carbocycles. The summed E-state index contributed by atoms with van der Waals surface area (Å²) in [6.45, 7) is 8.20. The van der Waals surface area contributed by atoms with Crippen LogP contribution in [0.3, 0.4) is 0 Å². The quantitative estimate of drug-likeness (QED) is 0.483. The summed E-state index contributed by atoms with van der Waals surface area (Å²) in [5, 5.41) is 9.07. The van der Waals surface area contributed by atoms with Gasteiger partial charge in [-0.25, -0.2) is 4.79 Å². The molecule has 1 rings (SSSR count). The molecule has 0 unspecified atom stereocenters. The Morgan fingerprint density at radius 2 is 2.00 bits per heavy atom. The lowest BCUT2D eigenvalue weighted by Gasteiger charge is -2.37. The summed E-state index contributed by atoms with van der Waals surface area (Å²) in [7, 11) is 0. The highest BCUT2D eigenvalue weighted by Gasteiger charge is 2.26. The maximum absolute atomic E-state index is 11.3. The topological polar surface area (TPSA) is 62.1 Å². The third kappa shape index (κ3) is 3.87. The Morgan fingerprint density at radius 1 is 1.47 bits per heavy atom. The van der Waals surface area contributed by atoms with Gasteiger partial charge in [0.2, 0.25) is 0 Å². The summed E-state index contributed by atoms with van der Waals surface area (Å²) in [5.41, 5.74) is -0.519. The minimum absolute atomic E-state index is 0.297. The van der Waals surface area contributed by atoms with Crippen LogP contribution in [0.15, 0.2) is 4.99 Å². The lowest BCUT2D eigenvalue weighted by molar-refractivity contribution is 0.0437. The molecule has 0 aromatic rings. The molecule has 1 heterocycles. The fraction of sp³-hybridized carbons (Fsp3) is 0.800. The van der Waals surface area contributed by atoms with Crippen LogP contribution in [0.4, 0.5) is 4.79 Å². The number of ether oxygens (including phenoxy) is 1. The lowest BCUT2D eigenvalue weighted by Crippen LogP contribution is -2.52. The number of amides is 1. The number of carbonyl (C=O) groups excluding carboxylic acids is 1. The first-order valence-electron chi connectivity index (χ1n) is 4.99. The molecule has 5 heteroatoms. The first kappa shape index (κ1) is 12.0. The maximum Gasteiger partial charge on any atom is 0.435 e. The van der Waals surface area contributed by atoms with E-state index in [9.17, 15) is 4.79 Å². The van der Waals surface area contributed by atoms with Gasteiger partial charge in [0.25, 0.3) is 0 Å². The Morgan fingerprint density at radius 3 is 2.40 bits per heavy atom. The van der Waals surface area contributed by atoms with Crippen molar-refractivity contribution in [3.05, 3.63) is 0 Å². The van der Waals surface area contributed by atoms with Crippen LogP contribution in [0.2, 0.25) is 0 Å². The van der Waals surface area contributed by atoms with Gasteiger partial charge in [-0.15, -0.1) is 0 Å². The zero-order valence-corrected chi connectivity index (χ0v) is 9.65. The van der Waals surface area contributed by atoms with E-state index in [1.807, 2.05) is 4.90 Å². The molecule has 15 heavy (non-hydrogen) atoms. The number of nitrogens with zero attached hydrogens (tertiary/aromatic N) is 2. The van der Waals surface area contributed by atoms with Gasteiger partial charge in [0.05, 0.1) is 6.10 Å². The summed E-state index contributed by atoms with van der Waals surface area (Å²) in [6, 6.07) is 0. The van der Waals surface area contributed by atoms with Gasteiger partial charge in [0, 0.05) is 13.1 Å². The lowest BCUT2D eigenvalue weighted by atomic mass is 10.2. The number of amidine groups is 1. The van der Waals surface area contributed by atoms with E-state index in [1.165, 1.54) is 0 Å². The predicted molar refractivity (Wildman–Crippen MR) is 56.9 cm³/mol. The zero-order chi connectivity index (χ0) is 11.6. The minimum atomic E-state index is -0.582. The van der Waals surface area contributed by atoms with Crippen molar-refractivity contribution >= 4 is 11.9 Å². The molecule has 0 aromatic carbocycles. The molecule has 86 valence electrons. The molecule has 0 radical (unpaired) electrons. The van der Waals surface area contributed by atoms with Crippen molar-refractivity contribution < 1.29 is 14.6 Å². The fourth-order valence-corrected chi connectivity index (χ4v) is 1.21. The van der Waals surface area contributed by atoms with Gasteiger partial charge in [-0.05, 0) is 27.7 Å². The average molecular weight is 214 g/mol. The van der Waals surface area contributed by atoms with Crippen LogP contribution in [-0.2, 0) is 4.74 Å². The molecular formula is C10H18N2O3. The van der Waals surface area contributed by atoms with Gasteiger partial charge in [0.1, 0.15) is 11.4 Å². The van der Waals surface area contributed by atoms with Gasteiger partial charge in [-0.1, -0.05) is 0 Å². The molecule has 1 fully saturated rings. The third-order valence-electron chi connectivity index (χ3n) is 1.97. The second-order valence-electron chi connectivity index (χ2n) is 4.70. The van der Waals surface area contributed by atoms with Crippen molar-refractivity contribution in [2.75, 3.05) is 13.1 Å². The number of hydrogen-bond acceptors (Lipinski definition) is 3. The Hall–Kier alpha value is -1.10. The average Bonchev–Trinajstić information content (AvgIpc) is 1.94. The molecule has 1 aliphatic rings. The molecular weight excluding hydrogens is 196 g/mol. The number of rotatable bonds is 0. The van der Waals surface area contributed by atoms with E-state index < -0.39 is 11.7 Å².